The van der Waals surface area contributed by atoms with Crippen LogP contribution in [0.25, 0.3) is 0 Å². The fourth-order valence-electron chi connectivity index (χ4n) is 2.42. The lowest BCUT2D eigenvalue weighted by Crippen LogP contribution is -2.41. The lowest BCUT2D eigenvalue weighted by atomic mass is 9.82. The maximum atomic E-state index is 5.54. The van der Waals surface area contributed by atoms with Crippen molar-refractivity contribution >= 4 is 17.4 Å². The van der Waals surface area contributed by atoms with Crippen molar-refractivity contribution in [2.45, 2.75) is 40.2 Å². The molecule has 0 radical (unpaired) electrons. The van der Waals surface area contributed by atoms with E-state index in [0.29, 0.717) is 11.5 Å². The third-order valence-electron chi connectivity index (χ3n) is 3.96. The summed E-state index contributed by atoms with van der Waals surface area (Å²) < 4.78 is 5.54. The molecule has 1 unspecified atom stereocenters. The molecule has 2 nitrogen and oxygen atoms in total. The Morgan fingerprint density at radius 1 is 1.42 bits per heavy atom. The van der Waals surface area contributed by atoms with Crippen LogP contribution in [0, 0.1) is 12.3 Å². The van der Waals surface area contributed by atoms with Crippen LogP contribution >= 0.6 is 11.8 Å². The number of nitrogens with one attached hydrogen (secondary N) is 1. The summed E-state index contributed by atoms with van der Waals surface area (Å²) in [5, 5.41) is 3.73. The van der Waals surface area contributed by atoms with Gasteiger partial charge >= 0.3 is 0 Å². The van der Waals surface area contributed by atoms with E-state index in [-0.39, 0.29) is 0 Å². The molecule has 1 aromatic carbocycles. The molecule has 1 N–H and O–H groups in total. The zero-order valence-electron chi connectivity index (χ0n) is 12.5. The average molecular weight is 279 g/mol. The second-order valence-corrected chi connectivity index (χ2v) is 7.07. The molecule has 106 valence electrons. The zero-order chi connectivity index (χ0) is 13.9. The van der Waals surface area contributed by atoms with Crippen LogP contribution in [0.4, 0.5) is 5.69 Å². The van der Waals surface area contributed by atoms with Crippen molar-refractivity contribution in [3.8, 4) is 5.75 Å². The number of thioether (sulfide) groups is 1. The van der Waals surface area contributed by atoms with Crippen molar-refractivity contribution < 1.29 is 4.74 Å². The van der Waals surface area contributed by atoms with Crippen LogP contribution < -0.4 is 10.1 Å². The minimum absolute atomic E-state index is 0.371. The van der Waals surface area contributed by atoms with E-state index in [0.717, 1.165) is 12.4 Å². The third kappa shape index (κ3) is 3.59. The van der Waals surface area contributed by atoms with E-state index in [1.807, 2.05) is 6.92 Å². The second kappa shape index (κ2) is 6.08. The molecule has 1 aromatic rings. The van der Waals surface area contributed by atoms with Gasteiger partial charge in [0.05, 0.1) is 6.61 Å². The maximum absolute atomic E-state index is 5.54. The van der Waals surface area contributed by atoms with E-state index in [1.54, 1.807) is 0 Å². The van der Waals surface area contributed by atoms with Crippen molar-refractivity contribution in [3.05, 3.63) is 23.8 Å². The third-order valence-corrected chi connectivity index (χ3v) is 5.02. The Hall–Kier alpha value is -0.830. The SMILES string of the molecule is CCOc1ccc(NC2CSCCC2(C)C)c(C)c1. The predicted octanol–water partition coefficient (Wildman–Crippen LogP) is 4.34. The van der Waals surface area contributed by atoms with Gasteiger partial charge in [-0.1, -0.05) is 13.8 Å². The Morgan fingerprint density at radius 2 is 2.21 bits per heavy atom. The number of anilines is 1. The second-order valence-electron chi connectivity index (χ2n) is 5.92. The van der Waals surface area contributed by atoms with Gasteiger partial charge in [-0.05, 0) is 55.2 Å². The molecule has 0 aromatic heterocycles. The van der Waals surface area contributed by atoms with Gasteiger partial charge in [-0.2, -0.15) is 11.8 Å². The molecule has 3 heteroatoms. The molecule has 1 fully saturated rings. The van der Waals surface area contributed by atoms with E-state index in [4.69, 9.17) is 4.74 Å². The van der Waals surface area contributed by atoms with Gasteiger partial charge in [0.15, 0.2) is 0 Å². The van der Waals surface area contributed by atoms with Gasteiger partial charge < -0.3 is 10.1 Å². The van der Waals surface area contributed by atoms with Gasteiger partial charge in [0.2, 0.25) is 0 Å². The van der Waals surface area contributed by atoms with Crippen LogP contribution in [0.2, 0.25) is 0 Å². The van der Waals surface area contributed by atoms with Gasteiger partial charge in [0.1, 0.15) is 5.75 Å². The van der Waals surface area contributed by atoms with E-state index < -0.39 is 0 Å². The summed E-state index contributed by atoms with van der Waals surface area (Å²) in [5.41, 5.74) is 2.87. The smallest absolute Gasteiger partial charge is 0.119 e. The predicted molar refractivity (Wildman–Crippen MR) is 85.5 cm³/mol. The van der Waals surface area contributed by atoms with Crippen LogP contribution in [-0.2, 0) is 0 Å². The highest BCUT2D eigenvalue weighted by Crippen LogP contribution is 2.36. The van der Waals surface area contributed by atoms with Crippen molar-refractivity contribution in [2.24, 2.45) is 5.41 Å². The molecule has 0 amide bonds. The first-order chi connectivity index (χ1) is 9.03. The van der Waals surface area contributed by atoms with Gasteiger partial charge in [-0.3, -0.25) is 0 Å². The molecular weight excluding hydrogens is 254 g/mol. The fraction of sp³-hybridized carbons (Fsp3) is 0.625. The summed E-state index contributed by atoms with van der Waals surface area (Å²) in [6, 6.07) is 6.87. The molecule has 0 spiro atoms. The quantitative estimate of drug-likeness (QED) is 0.886. The Bertz CT molecular complexity index is 431. The molecule has 0 bridgehead atoms. The van der Waals surface area contributed by atoms with Crippen molar-refractivity contribution in [2.75, 3.05) is 23.4 Å². The highest BCUT2D eigenvalue weighted by molar-refractivity contribution is 7.99. The van der Waals surface area contributed by atoms with Gasteiger partial charge in [0.25, 0.3) is 0 Å². The first-order valence-corrected chi connectivity index (χ1v) is 8.26. The maximum Gasteiger partial charge on any atom is 0.119 e. The number of rotatable bonds is 4. The highest BCUT2D eigenvalue weighted by Gasteiger charge is 2.32. The number of ether oxygens (including phenoxy) is 1. The largest absolute Gasteiger partial charge is 0.494 e. The summed E-state index contributed by atoms with van der Waals surface area (Å²) in [6.07, 6.45) is 1.28. The average Bonchev–Trinajstić information content (AvgIpc) is 2.35. The van der Waals surface area contributed by atoms with Crippen molar-refractivity contribution in [1.29, 1.82) is 0 Å². The summed E-state index contributed by atoms with van der Waals surface area (Å²) in [7, 11) is 0. The first kappa shape index (κ1) is 14.6. The van der Waals surface area contributed by atoms with Crippen LogP contribution in [0.5, 0.6) is 5.75 Å². The molecule has 1 saturated heterocycles. The molecule has 1 aliphatic heterocycles. The normalized spacial score (nSPS) is 22.0. The Balaban J connectivity index is 2.10. The van der Waals surface area contributed by atoms with Crippen molar-refractivity contribution in [1.82, 2.24) is 0 Å². The number of benzene rings is 1. The van der Waals surface area contributed by atoms with Crippen LogP contribution in [0.3, 0.4) is 0 Å². The van der Waals surface area contributed by atoms with Crippen LogP contribution in [0.1, 0.15) is 32.8 Å². The first-order valence-electron chi connectivity index (χ1n) is 7.10. The molecule has 1 atom stereocenters. The lowest BCUT2D eigenvalue weighted by Gasteiger charge is -2.39. The summed E-state index contributed by atoms with van der Waals surface area (Å²) in [4.78, 5) is 0. The molecule has 0 aliphatic carbocycles. The zero-order valence-corrected chi connectivity index (χ0v) is 13.3. The Morgan fingerprint density at radius 3 is 2.84 bits per heavy atom. The lowest BCUT2D eigenvalue weighted by molar-refractivity contribution is 0.305. The molecule has 19 heavy (non-hydrogen) atoms. The van der Waals surface area contributed by atoms with Crippen LogP contribution in [-0.4, -0.2) is 24.2 Å². The van der Waals surface area contributed by atoms with Crippen molar-refractivity contribution in [3.63, 3.8) is 0 Å². The molecule has 2 rings (SSSR count). The van der Waals surface area contributed by atoms with Gasteiger partial charge in [-0.25, -0.2) is 0 Å². The number of hydrogen-bond acceptors (Lipinski definition) is 3. The van der Waals surface area contributed by atoms with Gasteiger partial charge in [0, 0.05) is 17.5 Å². The monoisotopic (exact) mass is 279 g/mol. The summed E-state index contributed by atoms with van der Waals surface area (Å²) in [5.74, 6) is 3.44. The fourth-order valence-corrected chi connectivity index (χ4v) is 4.02. The van der Waals surface area contributed by atoms with Gasteiger partial charge in [-0.15, -0.1) is 0 Å². The number of aryl methyl sites for hydroxylation is 1. The van der Waals surface area contributed by atoms with E-state index >= 15 is 0 Å². The Kier molecular flexibility index (Phi) is 4.67. The minimum Gasteiger partial charge on any atom is -0.494 e. The highest BCUT2D eigenvalue weighted by atomic mass is 32.2. The summed E-state index contributed by atoms with van der Waals surface area (Å²) >= 11 is 2.05. The van der Waals surface area contributed by atoms with E-state index in [2.05, 4.69) is 56.0 Å². The van der Waals surface area contributed by atoms with E-state index in [9.17, 15) is 0 Å². The standard InChI is InChI=1S/C16H25NOS/c1-5-18-13-6-7-14(12(2)10-13)17-15-11-19-9-8-16(15,3)4/h6-7,10,15,17H,5,8-9,11H2,1-4H3. The summed E-state index contributed by atoms with van der Waals surface area (Å²) in [6.45, 7) is 9.62. The molecule has 1 aliphatic rings. The molecular formula is C16H25NOS. The van der Waals surface area contributed by atoms with E-state index in [1.165, 1.54) is 29.2 Å². The van der Waals surface area contributed by atoms with Crippen LogP contribution in [0.15, 0.2) is 18.2 Å². The minimum atomic E-state index is 0.371. The topological polar surface area (TPSA) is 21.3 Å². The number of hydrogen-bond donors (Lipinski definition) is 1. The molecule has 0 saturated carbocycles. The Labute approximate surface area is 121 Å². The molecule has 1 heterocycles.